The monoisotopic (exact) mass is 619 g/mol. The van der Waals surface area contributed by atoms with E-state index in [2.05, 4.69) is 0 Å². The Kier molecular flexibility index (Phi) is 7.39. The molecule has 0 aliphatic carbocycles. The molecule has 6 rings (SSSR count). The van der Waals surface area contributed by atoms with E-state index in [4.69, 9.17) is 9.47 Å². The minimum atomic E-state index is -4.66. The van der Waals surface area contributed by atoms with Gasteiger partial charge in [-0.1, -0.05) is 41.3 Å². The summed E-state index contributed by atoms with van der Waals surface area (Å²) in [6.07, 6.45) is -4.66. The zero-order valence-electron chi connectivity index (χ0n) is 22.1. The fraction of sp³-hybridized carbons (Fsp3) is 0.357. The van der Waals surface area contributed by atoms with Crippen molar-refractivity contribution in [1.82, 2.24) is 9.47 Å². The van der Waals surface area contributed by atoms with Gasteiger partial charge < -0.3 is 14.4 Å². The molecule has 3 atom stereocenters. The van der Waals surface area contributed by atoms with Crippen molar-refractivity contribution in [2.75, 3.05) is 38.3 Å². The number of ether oxygens (including phenoxy) is 2. The summed E-state index contributed by atoms with van der Waals surface area (Å²) >= 11 is 1.91. The molecule has 14 heteroatoms. The number of nitrogens with zero attached hydrogens (tertiary/aromatic N) is 3. The summed E-state index contributed by atoms with van der Waals surface area (Å²) in [7, 11) is 1.50. The molecule has 4 heterocycles. The van der Waals surface area contributed by atoms with Gasteiger partial charge in [0.2, 0.25) is 17.7 Å². The Morgan fingerprint density at radius 2 is 1.76 bits per heavy atom. The third kappa shape index (κ3) is 4.90. The fourth-order valence-corrected chi connectivity index (χ4v) is 8.32. The quantitative estimate of drug-likeness (QED) is 0.403. The standard InChI is InChI=1S/C28H24F3N3O6S2/c1-39-18-7-5-15(6-8-18)20-21-22(25(37)34(24(21)36)17-4-2-3-16(13-17)28(29,30)31)41-26-23(20)42-27(38)33(26)14-19(35)32-9-11-40-12-10-32/h2-8,13,20-22H,9-12,14H2,1H3/t20-,21?,22?/m1/s1. The number of amides is 3. The number of halogens is 3. The third-order valence-corrected chi connectivity index (χ3v) is 10.2. The third-order valence-electron chi connectivity index (χ3n) is 7.61. The van der Waals surface area contributed by atoms with Gasteiger partial charge in [-0.05, 0) is 35.9 Å². The van der Waals surface area contributed by atoms with Gasteiger partial charge in [0.05, 0.1) is 42.5 Å². The number of carbonyl (C=O) groups excluding carboxylic acids is 3. The molecule has 2 unspecified atom stereocenters. The Morgan fingerprint density at radius 1 is 1.05 bits per heavy atom. The van der Waals surface area contributed by atoms with Crippen molar-refractivity contribution in [1.29, 1.82) is 0 Å². The van der Waals surface area contributed by atoms with Crippen LogP contribution in [0.4, 0.5) is 18.9 Å². The molecule has 0 bridgehead atoms. The molecule has 1 aromatic heterocycles. The van der Waals surface area contributed by atoms with Crippen molar-refractivity contribution in [3.63, 3.8) is 0 Å². The van der Waals surface area contributed by atoms with Gasteiger partial charge >= 0.3 is 11.0 Å². The maximum atomic E-state index is 13.9. The second-order valence-corrected chi connectivity index (χ2v) is 12.1. The minimum Gasteiger partial charge on any atom is -0.497 e. The maximum Gasteiger partial charge on any atom is 0.416 e. The highest BCUT2D eigenvalue weighted by Gasteiger charge is 2.57. The lowest BCUT2D eigenvalue weighted by atomic mass is 9.83. The van der Waals surface area contributed by atoms with Crippen molar-refractivity contribution < 1.29 is 37.0 Å². The van der Waals surface area contributed by atoms with Crippen LogP contribution in [-0.2, 0) is 31.8 Å². The van der Waals surface area contributed by atoms with Crippen molar-refractivity contribution in [2.45, 2.75) is 28.9 Å². The van der Waals surface area contributed by atoms with Gasteiger partial charge in [-0.2, -0.15) is 13.2 Å². The number of rotatable bonds is 5. The first-order valence-corrected chi connectivity index (χ1v) is 14.7. The molecule has 3 aliphatic rings. The summed E-state index contributed by atoms with van der Waals surface area (Å²) in [5.74, 6) is -2.78. The van der Waals surface area contributed by atoms with Crippen molar-refractivity contribution >= 4 is 46.5 Å². The van der Waals surface area contributed by atoms with Crippen molar-refractivity contribution in [2.24, 2.45) is 5.92 Å². The number of alkyl halides is 3. The van der Waals surface area contributed by atoms with Gasteiger partial charge in [-0.3, -0.25) is 23.7 Å². The van der Waals surface area contributed by atoms with E-state index in [0.29, 0.717) is 47.5 Å². The molecule has 2 fully saturated rings. The number of thiazole rings is 1. The van der Waals surface area contributed by atoms with Gasteiger partial charge in [0.15, 0.2) is 0 Å². The summed E-state index contributed by atoms with van der Waals surface area (Å²) in [6.45, 7) is 1.32. The predicted octanol–water partition coefficient (Wildman–Crippen LogP) is 3.59. The van der Waals surface area contributed by atoms with Crippen LogP contribution in [0, 0.1) is 5.92 Å². The molecule has 0 radical (unpaired) electrons. The van der Waals surface area contributed by atoms with Crippen LogP contribution in [0.2, 0.25) is 0 Å². The fourth-order valence-electron chi connectivity index (χ4n) is 5.55. The molecule has 2 aromatic carbocycles. The molecule has 42 heavy (non-hydrogen) atoms. The van der Waals surface area contributed by atoms with Gasteiger partial charge in [0, 0.05) is 23.9 Å². The van der Waals surface area contributed by atoms with Gasteiger partial charge in [-0.25, -0.2) is 4.90 Å². The Hall–Kier alpha value is -3.62. The van der Waals surface area contributed by atoms with Gasteiger partial charge in [-0.15, -0.1) is 0 Å². The lowest BCUT2D eigenvalue weighted by Gasteiger charge is -2.31. The average Bonchev–Trinajstić information content (AvgIpc) is 3.43. The van der Waals surface area contributed by atoms with Crippen LogP contribution in [0.5, 0.6) is 5.75 Å². The molecule has 220 valence electrons. The first-order valence-electron chi connectivity index (χ1n) is 13.0. The molecule has 3 aromatic rings. The van der Waals surface area contributed by atoms with Crippen molar-refractivity contribution in [3.8, 4) is 5.75 Å². The molecule has 0 spiro atoms. The van der Waals surface area contributed by atoms with Crippen LogP contribution in [0.25, 0.3) is 0 Å². The van der Waals surface area contributed by atoms with Gasteiger partial charge in [0.25, 0.3) is 0 Å². The summed E-state index contributed by atoms with van der Waals surface area (Å²) in [4.78, 5) is 56.6. The Balaban J connectivity index is 1.43. The second-order valence-electron chi connectivity index (χ2n) is 9.99. The molecule has 3 aliphatic heterocycles. The Morgan fingerprint density at radius 3 is 2.43 bits per heavy atom. The first kappa shape index (κ1) is 28.5. The number of aromatic nitrogens is 1. The van der Waals surface area contributed by atoms with E-state index in [1.807, 2.05) is 0 Å². The highest BCUT2D eigenvalue weighted by molar-refractivity contribution is 8.00. The number of morpholine rings is 1. The summed E-state index contributed by atoms with van der Waals surface area (Å²) < 4.78 is 52.3. The van der Waals surface area contributed by atoms with Crippen LogP contribution in [-0.4, -0.2) is 65.9 Å². The van der Waals surface area contributed by atoms with E-state index < -0.39 is 45.5 Å². The maximum absolute atomic E-state index is 13.9. The largest absolute Gasteiger partial charge is 0.497 e. The van der Waals surface area contributed by atoms with E-state index in [1.54, 1.807) is 29.2 Å². The molecule has 9 nitrogen and oxygen atoms in total. The molecule has 3 amide bonds. The highest BCUT2D eigenvalue weighted by atomic mass is 32.2. The topological polar surface area (TPSA) is 98.2 Å². The Bertz CT molecular complexity index is 1610. The number of hydrogen-bond donors (Lipinski definition) is 0. The normalized spacial score (nSPS) is 22.2. The van der Waals surface area contributed by atoms with Crippen LogP contribution in [0.3, 0.4) is 0 Å². The van der Waals surface area contributed by atoms with Crippen LogP contribution in [0.1, 0.15) is 21.9 Å². The van der Waals surface area contributed by atoms with E-state index >= 15 is 0 Å². The second kappa shape index (κ2) is 10.9. The first-order chi connectivity index (χ1) is 20.1. The highest BCUT2D eigenvalue weighted by Crippen LogP contribution is 2.54. The number of fused-ring (bicyclic) bond motifs is 2. The number of benzene rings is 2. The summed E-state index contributed by atoms with van der Waals surface area (Å²) in [6, 6.07) is 11.0. The lowest BCUT2D eigenvalue weighted by Crippen LogP contribution is -2.43. The van der Waals surface area contributed by atoms with Crippen LogP contribution >= 0.6 is 23.1 Å². The number of carbonyl (C=O) groups is 3. The summed E-state index contributed by atoms with van der Waals surface area (Å²) in [5, 5.41) is -0.619. The number of imide groups is 1. The molecule has 0 saturated carbocycles. The van der Waals surface area contributed by atoms with Crippen LogP contribution in [0.15, 0.2) is 58.4 Å². The van der Waals surface area contributed by atoms with Gasteiger partial charge in [0.1, 0.15) is 17.5 Å². The Labute approximate surface area is 245 Å². The lowest BCUT2D eigenvalue weighted by molar-refractivity contribution is -0.138. The van der Waals surface area contributed by atoms with E-state index in [1.165, 1.54) is 17.7 Å². The number of thioether (sulfide) groups is 1. The van der Waals surface area contributed by atoms with E-state index in [-0.39, 0.29) is 18.1 Å². The zero-order valence-corrected chi connectivity index (χ0v) is 23.8. The average molecular weight is 620 g/mol. The van der Waals surface area contributed by atoms with Crippen molar-refractivity contribution in [3.05, 3.63) is 74.2 Å². The molecule has 2 saturated heterocycles. The molecular formula is C28H24F3N3O6S2. The van der Waals surface area contributed by atoms with Crippen LogP contribution < -0.4 is 14.5 Å². The van der Waals surface area contributed by atoms with E-state index in [0.717, 1.165) is 46.2 Å². The number of hydrogen-bond acceptors (Lipinski definition) is 8. The predicted molar refractivity (Wildman–Crippen MR) is 148 cm³/mol. The zero-order chi connectivity index (χ0) is 29.8. The smallest absolute Gasteiger partial charge is 0.416 e. The minimum absolute atomic E-state index is 0.174. The molecule has 0 N–H and O–H groups in total. The SMILES string of the molecule is COc1ccc([C@H]2c3sc(=O)n(CC(=O)N4CCOCC4)c3SC3C(=O)N(c4cccc(C(F)(F)F)c4)C(=O)C32)cc1. The van der Waals surface area contributed by atoms with E-state index in [9.17, 15) is 32.3 Å². The summed E-state index contributed by atoms with van der Waals surface area (Å²) in [5.41, 5.74) is -0.525. The number of anilines is 1. The number of methoxy groups -OCH3 is 1. The molecular weight excluding hydrogens is 595 g/mol.